The summed E-state index contributed by atoms with van der Waals surface area (Å²) >= 11 is 0. The summed E-state index contributed by atoms with van der Waals surface area (Å²) < 4.78 is 1.08. The zero-order chi connectivity index (χ0) is 15.7. The predicted octanol–water partition coefficient (Wildman–Crippen LogP) is 2.13. The van der Waals surface area contributed by atoms with Crippen molar-refractivity contribution in [2.24, 2.45) is 0 Å². The molecule has 1 heterocycles. The molecule has 22 heavy (non-hydrogen) atoms. The van der Waals surface area contributed by atoms with Crippen molar-refractivity contribution in [2.75, 3.05) is 0 Å². The molecule has 6 nitrogen and oxygen atoms in total. The maximum absolute atomic E-state index is 12.3. The van der Waals surface area contributed by atoms with Crippen LogP contribution in [0, 0.1) is 10.1 Å². The lowest BCUT2D eigenvalue weighted by Crippen LogP contribution is -2.23. The summed E-state index contributed by atoms with van der Waals surface area (Å²) in [5, 5.41) is 10.8. The van der Waals surface area contributed by atoms with Crippen molar-refractivity contribution in [1.29, 1.82) is 0 Å². The SMILES string of the molecule is O=C(Cn1cc([N+](=O)[O-])ccc1=O)c1ccc2c(c1)CCC2. The second-order valence-corrected chi connectivity index (χ2v) is 5.37. The molecular formula is C16H14N2O4. The maximum atomic E-state index is 12.3. The number of carbonyl (C=O) groups excluding carboxylic acids is 1. The second-order valence-electron chi connectivity index (χ2n) is 5.37. The van der Waals surface area contributed by atoms with Crippen LogP contribution in [0.15, 0.2) is 41.3 Å². The van der Waals surface area contributed by atoms with Crippen molar-refractivity contribution in [3.63, 3.8) is 0 Å². The van der Waals surface area contributed by atoms with Crippen LogP contribution in [0.1, 0.15) is 27.9 Å². The third-order valence-electron chi connectivity index (χ3n) is 3.91. The molecule has 1 aromatic carbocycles. The lowest BCUT2D eigenvalue weighted by molar-refractivity contribution is -0.385. The molecule has 2 aromatic rings. The van der Waals surface area contributed by atoms with E-state index in [1.54, 1.807) is 6.07 Å². The molecule has 0 spiro atoms. The number of pyridine rings is 1. The average molecular weight is 298 g/mol. The van der Waals surface area contributed by atoms with Gasteiger partial charge in [0.2, 0.25) is 0 Å². The molecule has 0 radical (unpaired) electrons. The van der Waals surface area contributed by atoms with Crippen molar-refractivity contribution in [1.82, 2.24) is 4.57 Å². The minimum absolute atomic E-state index is 0.195. The van der Waals surface area contributed by atoms with E-state index in [0.717, 1.165) is 42.2 Å². The van der Waals surface area contributed by atoms with Gasteiger partial charge >= 0.3 is 0 Å². The number of carbonyl (C=O) groups is 1. The largest absolute Gasteiger partial charge is 0.301 e. The summed E-state index contributed by atoms with van der Waals surface area (Å²) in [6, 6.07) is 7.82. The van der Waals surface area contributed by atoms with Gasteiger partial charge in [-0.15, -0.1) is 0 Å². The summed E-state index contributed by atoms with van der Waals surface area (Å²) in [6.45, 7) is -0.195. The second kappa shape index (κ2) is 5.55. The van der Waals surface area contributed by atoms with Gasteiger partial charge in [-0.3, -0.25) is 19.7 Å². The van der Waals surface area contributed by atoms with Gasteiger partial charge in [-0.2, -0.15) is 0 Å². The number of ketones is 1. The summed E-state index contributed by atoms with van der Waals surface area (Å²) in [5.41, 5.74) is 2.35. The first-order chi connectivity index (χ1) is 10.5. The lowest BCUT2D eigenvalue weighted by atomic mass is 10.0. The number of benzene rings is 1. The van der Waals surface area contributed by atoms with E-state index < -0.39 is 10.5 Å². The number of hydrogen-bond acceptors (Lipinski definition) is 4. The zero-order valence-corrected chi connectivity index (χ0v) is 11.8. The Labute approximate surface area is 126 Å². The highest BCUT2D eigenvalue weighted by molar-refractivity contribution is 5.96. The Morgan fingerprint density at radius 2 is 1.95 bits per heavy atom. The minimum Gasteiger partial charge on any atom is -0.301 e. The number of aromatic nitrogens is 1. The van der Waals surface area contributed by atoms with E-state index in [1.807, 2.05) is 12.1 Å². The fraction of sp³-hybridized carbons (Fsp3) is 0.250. The highest BCUT2D eigenvalue weighted by Gasteiger charge is 2.15. The van der Waals surface area contributed by atoms with E-state index >= 15 is 0 Å². The summed E-state index contributed by atoms with van der Waals surface area (Å²) in [5.74, 6) is -0.225. The Balaban J connectivity index is 1.87. The maximum Gasteiger partial charge on any atom is 0.285 e. The molecule has 0 atom stereocenters. The van der Waals surface area contributed by atoms with Gasteiger partial charge < -0.3 is 4.57 Å². The summed E-state index contributed by atoms with van der Waals surface area (Å²) in [7, 11) is 0. The monoisotopic (exact) mass is 298 g/mol. The first kappa shape index (κ1) is 14.2. The molecular weight excluding hydrogens is 284 g/mol. The smallest absolute Gasteiger partial charge is 0.285 e. The van der Waals surface area contributed by atoms with Gasteiger partial charge in [-0.25, -0.2) is 0 Å². The molecule has 6 heteroatoms. The van der Waals surface area contributed by atoms with Gasteiger partial charge in [-0.1, -0.05) is 12.1 Å². The van der Waals surface area contributed by atoms with Crippen LogP contribution in [0.5, 0.6) is 0 Å². The Morgan fingerprint density at radius 1 is 1.18 bits per heavy atom. The zero-order valence-electron chi connectivity index (χ0n) is 11.8. The lowest BCUT2D eigenvalue weighted by Gasteiger charge is -2.06. The van der Waals surface area contributed by atoms with E-state index in [2.05, 4.69) is 0 Å². The summed E-state index contributed by atoms with van der Waals surface area (Å²) in [6.07, 6.45) is 4.20. The van der Waals surface area contributed by atoms with Gasteiger partial charge in [-0.05, 0) is 36.5 Å². The van der Waals surface area contributed by atoms with Gasteiger partial charge in [0, 0.05) is 17.7 Å². The van der Waals surface area contributed by atoms with Gasteiger partial charge in [0.1, 0.15) is 0 Å². The van der Waals surface area contributed by atoms with Crippen LogP contribution >= 0.6 is 0 Å². The van der Waals surface area contributed by atoms with Crippen molar-refractivity contribution in [2.45, 2.75) is 25.8 Å². The van der Waals surface area contributed by atoms with Gasteiger partial charge in [0.15, 0.2) is 5.78 Å². The first-order valence-corrected chi connectivity index (χ1v) is 7.04. The minimum atomic E-state index is -0.587. The Hall–Kier alpha value is -2.76. The molecule has 0 amide bonds. The fourth-order valence-corrected chi connectivity index (χ4v) is 2.74. The van der Waals surface area contributed by atoms with Crippen LogP contribution in [0.4, 0.5) is 5.69 Å². The van der Waals surface area contributed by atoms with Crippen LogP contribution in [0.3, 0.4) is 0 Å². The van der Waals surface area contributed by atoms with Crippen LogP contribution in [-0.2, 0) is 19.4 Å². The first-order valence-electron chi connectivity index (χ1n) is 7.04. The van der Waals surface area contributed by atoms with Crippen molar-refractivity contribution in [3.8, 4) is 0 Å². The number of hydrogen-bond donors (Lipinski definition) is 0. The van der Waals surface area contributed by atoms with E-state index in [4.69, 9.17) is 0 Å². The molecule has 0 bridgehead atoms. The fourth-order valence-electron chi connectivity index (χ4n) is 2.74. The summed E-state index contributed by atoms with van der Waals surface area (Å²) in [4.78, 5) is 34.2. The van der Waals surface area contributed by atoms with Crippen molar-refractivity contribution in [3.05, 3.63) is 73.7 Å². The van der Waals surface area contributed by atoms with Gasteiger partial charge in [0.25, 0.3) is 11.2 Å². The standard InChI is InChI=1S/C16H14N2O4/c19-15(13-5-4-11-2-1-3-12(11)8-13)10-17-9-14(18(21)22)6-7-16(17)20/h4-9H,1-3,10H2. The highest BCUT2D eigenvalue weighted by Crippen LogP contribution is 2.23. The molecule has 3 rings (SSSR count). The molecule has 1 aliphatic rings. The van der Waals surface area contributed by atoms with E-state index in [9.17, 15) is 19.7 Å². The molecule has 0 fully saturated rings. The Bertz CT molecular complexity index is 823. The molecule has 0 unspecified atom stereocenters. The molecule has 0 aliphatic heterocycles. The number of Topliss-reactive ketones (excluding diaryl/α,β-unsaturated/α-hetero) is 1. The van der Waals surface area contributed by atoms with Crippen LogP contribution < -0.4 is 5.56 Å². The molecule has 0 saturated heterocycles. The number of nitrogens with zero attached hydrogens (tertiary/aromatic N) is 2. The highest BCUT2D eigenvalue weighted by atomic mass is 16.6. The molecule has 1 aromatic heterocycles. The van der Waals surface area contributed by atoms with Crippen molar-refractivity contribution < 1.29 is 9.72 Å². The number of fused-ring (bicyclic) bond motifs is 1. The Morgan fingerprint density at radius 3 is 2.73 bits per heavy atom. The quantitative estimate of drug-likeness (QED) is 0.492. The van der Waals surface area contributed by atoms with Gasteiger partial charge in [0.05, 0.1) is 17.7 Å². The molecule has 112 valence electrons. The van der Waals surface area contributed by atoms with Crippen LogP contribution in [0.25, 0.3) is 0 Å². The van der Waals surface area contributed by atoms with E-state index in [1.165, 1.54) is 11.1 Å². The Kier molecular flexibility index (Phi) is 3.58. The topological polar surface area (TPSA) is 82.2 Å². The van der Waals surface area contributed by atoms with E-state index in [-0.39, 0.29) is 18.0 Å². The van der Waals surface area contributed by atoms with Crippen molar-refractivity contribution >= 4 is 11.5 Å². The number of rotatable bonds is 4. The number of aryl methyl sites for hydroxylation is 2. The molecule has 0 saturated carbocycles. The van der Waals surface area contributed by atoms with E-state index in [0.29, 0.717) is 5.56 Å². The third-order valence-corrected chi connectivity index (χ3v) is 3.91. The molecule has 0 N–H and O–H groups in total. The van der Waals surface area contributed by atoms with Crippen LogP contribution in [-0.4, -0.2) is 15.3 Å². The normalized spacial score (nSPS) is 12.9. The van der Waals surface area contributed by atoms with Crippen LogP contribution in [0.2, 0.25) is 0 Å². The predicted molar refractivity (Wildman–Crippen MR) is 80.2 cm³/mol. The average Bonchev–Trinajstić information content (AvgIpc) is 2.96. The third kappa shape index (κ3) is 2.67. The number of nitro groups is 1. The molecule has 1 aliphatic carbocycles.